The molecule has 0 radical (unpaired) electrons. The van der Waals surface area contributed by atoms with Crippen LogP contribution in [0.4, 0.5) is 5.69 Å². The van der Waals surface area contributed by atoms with Gasteiger partial charge in [0.15, 0.2) is 5.75 Å². The topological polar surface area (TPSA) is 103 Å². The van der Waals surface area contributed by atoms with Crippen molar-refractivity contribution >= 4 is 29.4 Å². The number of hydrogen-bond acceptors (Lipinski definition) is 6. The van der Waals surface area contributed by atoms with Gasteiger partial charge >= 0.3 is 5.69 Å². The molecule has 1 N–H and O–H groups in total. The zero-order valence-electron chi connectivity index (χ0n) is 14.1. The maximum absolute atomic E-state index is 12.0. The van der Waals surface area contributed by atoms with Gasteiger partial charge in [0.25, 0.3) is 5.91 Å². The van der Waals surface area contributed by atoms with Gasteiger partial charge in [-0.05, 0) is 25.1 Å². The highest BCUT2D eigenvalue weighted by Crippen LogP contribution is 2.37. The minimum Gasteiger partial charge on any atom is -0.490 e. The van der Waals surface area contributed by atoms with Gasteiger partial charge in [-0.2, -0.15) is 5.10 Å². The first-order valence-electron chi connectivity index (χ1n) is 7.55. The Morgan fingerprint density at radius 2 is 2.12 bits per heavy atom. The van der Waals surface area contributed by atoms with Crippen molar-refractivity contribution in [1.29, 1.82) is 0 Å². The number of nitrogens with zero attached hydrogens (tertiary/aromatic N) is 2. The second kappa shape index (κ2) is 8.82. The highest BCUT2D eigenvalue weighted by molar-refractivity contribution is 6.33. The number of hydrogen-bond donors (Lipinski definition) is 1. The molecular weight excluding hydrogens is 362 g/mol. The monoisotopic (exact) mass is 377 g/mol. The summed E-state index contributed by atoms with van der Waals surface area (Å²) in [5, 5.41) is 15.3. The van der Waals surface area contributed by atoms with Gasteiger partial charge in [0, 0.05) is 11.6 Å². The van der Waals surface area contributed by atoms with Crippen molar-refractivity contribution in [3.63, 3.8) is 0 Å². The van der Waals surface area contributed by atoms with Crippen LogP contribution in [0.2, 0.25) is 5.02 Å². The molecule has 0 aromatic heterocycles. The van der Waals surface area contributed by atoms with E-state index in [1.807, 2.05) is 0 Å². The number of ether oxygens (including phenoxy) is 2. The predicted molar refractivity (Wildman–Crippen MR) is 97.3 cm³/mol. The van der Waals surface area contributed by atoms with Gasteiger partial charge in [-0.15, -0.1) is 0 Å². The largest absolute Gasteiger partial charge is 0.490 e. The lowest BCUT2D eigenvalue weighted by Gasteiger charge is -2.10. The van der Waals surface area contributed by atoms with Crippen molar-refractivity contribution in [2.75, 3.05) is 13.7 Å². The van der Waals surface area contributed by atoms with Crippen LogP contribution in [0, 0.1) is 10.1 Å². The Balaban J connectivity index is 2.25. The van der Waals surface area contributed by atoms with E-state index < -0.39 is 10.8 Å². The third-order valence-corrected chi connectivity index (χ3v) is 3.59. The van der Waals surface area contributed by atoms with Crippen LogP contribution >= 0.6 is 11.6 Å². The van der Waals surface area contributed by atoms with Gasteiger partial charge in [0.2, 0.25) is 5.75 Å². The summed E-state index contributed by atoms with van der Waals surface area (Å²) in [7, 11) is 1.32. The Morgan fingerprint density at radius 3 is 2.73 bits per heavy atom. The number of halogens is 1. The lowest BCUT2D eigenvalue weighted by Crippen LogP contribution is -2.18. The van der Waals surface area contributed by atoms with Crippen LogP contribution in [0.3, 0.4) is 0 Å². The summed E-state index contributed by atoms with van der Waals surface area (Å²) in [6, 6.07) is 9.31. The van der Waals surface area contributed by atoms with Crippen LogP contribution in [0.1, 0.15) is 22.8 Å². The average Bonchev–Trinajstić information content (AvgIpc) is 2.61. The Kier molecular flexibility index (Phi) is 6.51. The number of methoxy groups -OCH3 is 1. The van der Waals surface area contributed by atoms with Gasteiger partial charge in [0.1, 0.15) is 0 Å². The highest BCUT2D eigenvalue weighted by atomic mass is 35.5. The van der Waals surface area contributed by atoms with Crippen molar-refractivity contribution in [3.8, 4) is 11.5 Å². The zero-order chi connectivity index (χ0) is 19.1. The van der Waals surface area contributed by atoms with Crippen LogP contribution in [-0.2, 0) is 0 Å². The van der Waals surface area contributed by atoms with Crippen LogP contribution in [0.15, 0.2) is 41.5 Å². The minimum atomic E-state index is -0.582. The van der Waals surface area contributed by atoms with Gasteiger partial charge in [0.05, 0.1) is 35.4 Å². The molecule has 0 heterocycles. The fraction of sp³-hybridized carbons (Fsp3) is 0.176. The van der Waals surface area contributed by atoms with Gasteiger partial charge in [-0.25, -0.2) is 5.43 Å². The molecule has 8 nitrogen and oxygen atoms in total. The summed E-state index contributed by atoms with van der Waals surface area (Å²) < 4.78 is 10.4. The number of carbonyl (C=O) groups excluding carboxylic acids is 1. The maximum atomic E-state index is 12.0. The average molecular weight is 378 g/mol. The molecular formula is C17H16ClN3O5. The number of nitro groups is 1. The second-order valence-corrected chi connectivity index (χ2v) is 5.35. The smallest absolute Gasteiger partial charge is 0.315 e. The number of amides is 1. The molecule has 0 fully saturated rings. The fourth-order valence-electron chi connectivity index (χ4n) is 2.16. The van der Waals surface area contributed by atoms with E-state index in [1.165, 1.54) is 25.5 Å². The molecule has 136 valence electrons. The summed E-state index contributed by atoms with van der Waals surface area (Å²) in [6.45, 7) is 2.05. The number of nitro benzene ring substituents is 1. The van der Waals surface area contributed by atoms with E-state index in [2.05, 4.69) is 10.5 Å². The summed E-state index contributed by atoms with van der Waals surface area (Å²) in [6.07, 6.45) is 1.27. The number of nitrogens with one attached hydrogen (secondary N) is 1. The van der Waals surface area contributed by atoms with E-state index in [0.29, 0.717) is 17.2 Å². The Bertz CT molecular complexity index is 854. The normalized spacial score (nSPS) is 10.6. The fourth-order valence-corrected chi connectivity index (χ4v) is 2.38. The van der Waals surface area contributed by atoms with Crippen molar-refractivity contribution in [2.24, 2.45) is 5.10 Å². The van der Waals surface area contributed by atoms with Crippen LogP contribution in [0.25, 0.3) is 0 Å². The standard InChI is InChI=1S/C17H16ClN3O5/c1-3-26-15-9-11(8-14(21(23)24)16(15)25-2)10-19-20-17(22)12-6-4-5-7-13(12)18/h4-10H,3H2,1-2H3,(H,20,22)/b19-10-. The van der Waals surface area contributed by atoms with Gasteiger partial charge in [-0.3, -0.25) is 14.9 Å². The van der Waals surface area contributed by atoms with Crippen LogP contribution < -0.4 is 14.9 Å². The van der Waals surface area contributed by atoms with E-state index in [-0.39, 0.29) is 22.7 Å². The number of hydrazone groups is 1. The quantitative estimate of drug-likeness (QED) is 0.452. The zero-order valence-corrected chi connectivity index (χ0v) is 14.8. The van der Waals surface area contributed by atoms with Crippen molar-refractivity contribution in [2.45, 2.75) is 6.92 Å². The molecule has 0 bridgehead atoms. The first-order chi connectivity index (χ1) is 12.5. The Labute approximate surface area is 154 Å². The van der Waals surface area contributed by atoms with Crippen molar-refractivity contribution < 1.29 is 19.2 Å². The molecule has 0 aliphatic rings. The van der Waals surface area contributed by atoms with E-state index in [4.69, 9.17) is 21.1 Å². The van der Waals surface area contributed by atoms with E-state index in [9.17, 15) is 14.9 Å². The lowest BCUT2D eigenvalue weighted by atomic mass is 10.2. The number of carbonyl (C=O) groups is 1. The van der Waals surface area contributed by atoms with Crippen molar-refractivity contribution in [3.05, 3.63) is 62.7 Å². The summed E-state index contributed by atoms with van der Waals surface area (Å²) in [4.78, 5) is 22.7. The molecule has 0 aliphatic carbocycles. The van der Waals surface area contributed by atoms with Crippen LogP contribution in [0.5, 0.6) is 11.5 Å². The molecule has 2 aromatic rings. The Morgan fingerprint density at radius 1 is 1.38 bits per heavy atom. The van der Waals surface area contributed by atoms with E-state index in [1.54, 1.807) is 31.2 Å². The molecule has 0 aliphatic heterocycles. The SMILES string of the molecule is CCOc1cc(/C=N\NC(=O)c2ccccc2Cl)cc([N+](=O)[O-])c1OC. The second-order valence-electron chi connectivity index (χ2n) is 4.94. The molecule has 2 rings (SSSR count). The third-order valence-electron chi connectivity index (χ3n) is 3.26. The summed E-state index contributed by atoms with van der Waals surface area (Å²) in [5.41, 5.74) is 2.68. The molecule has 0 saturated heterocycles. The molecule has 0 atom stereocenters. The summed E-state index contributed by atoms with van der Waals surface area (Å²) in [5.74, 6) is -0.267. The van der Waals surface area contributed by atoms with Crippen LogP contribution in [-0.4, -0.2) is 30.8 Å². The number of rotatable bonds is 7. The summed E-state index contributed by atoms with van der Waals surface area (Å²) >= 11 is 5.94. The predicted octanol–water partition coefficient (Wildman–Crippen LogP) is 3.42. The molecule has 0 unspecified atom stereocenters. The first-order valence-corrected chi connectivity index (χ1v) is 7.92. The Hall–Kier alpha value is -3.13. The maximum Gasteiger partial charge on any atom is 0.315 e. The first kappa shape index (κ1) is 19.2. The molecule has 1 amide bonds. The highest BCUT2D eigenvalue weighted by Gasteiger charge is 2.21. The van der Waals surface area contributed by atoms with E-state index >= 15 is 0 Å². The molecule has 9 heteroatoms. The third kappa shape index (κ3) is 4.48. The minimum absolute atomic E-state index is 0.0223. The van der Waals surface area contributed by atoms with Crippen molar-refractivity contribution in [1.82, 2.24) is 5.43 Å². The molecule has 0 saturated carbocycles. The lowest BCUT2D eigenvalue weighted by molar-refractivity contribution is -0.385. The number of benzene rings is 2. The van der Waals surface area contributed by atoms with E-state index in [0.717, 1.165) is 0 Å². The van der Waals surface area contributed by atoms with Gasteiger partial charge < -0.3 is 9.47 Å². The van der Waals surface area contributed by atoms with Gasteiger partial charge in [-0.1, -0.05) is 23.7 Å². The molecule has 0 spiro atoms. The molecule has 2 aromatic carbocycles. The molecule has 26 heavy (non-hydrogen) atoms.